The highest BCUT2D eigenvalue weighted by molar-refractivity contribution is 6.17. The molecule has 0 amide bonds. The van der Waals surface area contributed by atoms with Crippen molar-refractivity contribution in [3.8, 4) is 33.8 Å². The fraction of sp³-hybridized carbons (Fsp3) is 0. The summed E-state index contributed by atoms with van der Waals surface area (Å²) in [5.74, 6) is 0.576. The van der Waals surface area contributed by atoms with E-state index in [1.807, 2.05) is 36.7 Å². The molecule has 3 aromatic heterocycles. The van der Waals surface area contributed by atoms with Crippen molar-refractivity contribution in [2.24, 2.45) is 0 Å². The molecule has 142 valence electrons. The van der Waals surface area contributed by atoms with E-state index >= 15 is 0 Å². The molecule has 0 aliphatic carbocycles. The van der Waals surface area contributed by atoms with Crippen LogP contribution in [0.15, 0.2) is 85.2 Å². The van der Waals surface area contributed by atoms with Crippen molar-refractivity contribution in [1.82, 2.24) is 30.6 Å². The van der Waals surface area contributed by atoms with Crippen LogP contribution < -0.4 is 0 Å². The Kier molecular flexibility index (Phi) is 3.67. The number of tetrazole rings is 1. The largest absolute Gasteiger partial charge is 0.354 e. The second-order valence-corrected chi connectivity index (χ2v) is 7.14. The molecule has 3 heterocycles. The van der Waals surface area contributed by atoms with Crippen LogP contribution in [0.5, 0.6) is 0 Å². The van der Waals surface area contributed by atoms with Crippen molar-refractivity contribution < 1.29 is 0 Å². The van der Waals surface area contributed by atoms with Gasteiger partial charge in [0.2, 0.25) is 5.82 Å². The van der Waals surface area contributed by atoms with Gasteiger partial charge in [0.15, 0.2) is 0 Å². The van der Waals surface area contributed by atoms with E-state index in [-0.39, 0.29) is 0 Å². The molecule has 0 saturated heterocycles. The lowest BCUT2D eigenvalue weighted by Gasteiger charge is -2.08. The summed E-state index contributed by atoms with van der Waals surface area (Å²) >= 11 is 0. The van der Waals surface area contributed by atoms with Gasteiger partial charge in [-0.1, -0.05) is 48.5 Å². The maximum Gasteiger partial charge on any atom is 0.204 e. The number of fused-ring (bicyclic) bond motifs is 3. The Balaban J connectivity index is 1.71. The second-order valence-electron chi connectivity index (χ2n) is 7.14. The standard InChI is InChI=1S/C24H16N6/c1-2-7-19-15(4-1)8-9-20-22(19)21(23(26-20)16-10-12-25-13-11-16)17-5-3-6-18(14-17)24-27-29-30-28-24/h1-14,26H,(H,27,28,29,30). The van der Waals surface area contributed by atoms with Crippen molar-refractivity contribution in [2.75, 3.05) is 0 Å². The van der Waals surface area contributed by atoms with Crippen molar-refractivity contribution in [3.05, 3.63) is 85.2 Å². The number of pyridine rings is 1. The van der Waals surface area contributed by atoms with Crippen LogP contribution in [-0.4, -0.2) is 30.6 Å². The fourth-order valence-corrected chi connectivity index (χ4v) is 4.09. The van der Waals surface area contributed by atoms with Gasteiger partial charge in [0.05, 0.1) is 5.69 Å². The number of hydrogen-bond donors (Lipinski definition) is 2. The molecule has 6 heteroatoms. The average Bonchev–Trinajstić information content (AvgIpc) is 3.48. The Bertz CT molecular complexity index is 1480. The highest BCUT2D eigenvalue weighted by Crippen LogP contribution is 2.42. The van der Waals surface area contributed by atoms with Gasteiger partial charge in [-0.25, -0.2) is 0 Å². The van der Waals surface area contributed by atoms with Gasteiger partial charge in [-0.3, -0.25) is 4.98 Å². The van der Waals surface area contributed by atoms with Crippen LogP contribution in [0.2, 0.25) is 0 Å². The number of benzene rings is 3. The zero-order valence-electron chi connectivity index (χ0n) is 15.9. The molecule has 6 rings (SSSR count). The number of rotatable bonds is 3. The number of nitrogens with zero attached hydrogens (tertiary/aromatic N) is 4. The molecular formula is C24H16N6. The molecule has 0 radical (unpaired) electrons. The highest BCUT2D eigenvalue weighted by Gasteiger charge is 2.18. The minimum absolute atomic E-state index is 0.576. The summed E-state index contributed by atoms with van der Waals surface area (Å²) < 4.78 is 0. The lowest BCUT2D eigenvalue weighted by molar-refractivity contribution is 0.881. The predicted molar refractivity (Wildman–Crippen MR) is 118 cm³/mol. The zero-order valence-corrected chi connectivity index (χ0v) is 15.9. The molecule has 3 aromatic carbocycles. The molecular weight excluding hydrogens is 372 g/mol. The van der Waals surface area contributed by atoms with Gasteiger partial charge >= 0.3 is 0 Å². The maximum atomic E-state index is 4.18. The summed E-state index contributed by atoms with van der Waals surface area (Å²) in [6, 6.07) is 25.1. The molecule has 0 saturated carbocycles. The van der Waals surface area contributed by atoms with E-state index < -0.39 is 0 Å². The topological polar surface area (TPSA) is 83.1 Å². The van der Waals surface area contributed by atoms with Gasteiger partial charge in [0.25, 0.3) is 0 Å². The van der Waals surface area contributed by atoms with Gasteiger partial charge in [-0.15, -0.1) is 10.2 Å². The Morgan fingerprint density at radius 3 is 2.47 bits per heavy atom. The minimum Gasteiger partial charge on any atom is -0.354 e. The minimum atomic E-state index is 0.576. The third-order valence-electron chi connectivity index (χ3n) is 5.41. The molecule has 0 aliphatic rings. The molecule has 0 fully saturated rings. The van der Waals surface area contributed by atoms with Crippen LogP contribution in [0.25, 0.3) is 55.4 Å². The zero-order chi connectivity index (χ0) is 19.9. The summed E-state index contributed by atoms with van der Waals surface area (Å²) in [5, 5.41) is 18.1. The molecule has 30 heavy (non-hydrogen) atoms. The summed E-state index contributed by atoms with van der Waals surface area (Å²) in [6.07, 6.45) is 3.64. The first kappa shape index (κ1) is 16.6. The third kappa shape index (κ3) is 2.58. The number of aromatic amines is 2. The number of nitrogens with one attached hydrogen (secondary N) is 2. The lowest BCUT2D eigenvalue weighted by atomic mass is 9.94. The van der Waals surface area contributed by atoms with E-state index in [4.69, 9.17) is 0 Å². The lowest BCUT2D eigenvalue weighted by Crippen LogP contribution is -1.86. The second kappa shape index (κ2) is 6.63. The van der Waals surface area contributed by atoms with Gasteiger partial charge in [-0.2, -0.15) is 5.21 Å². The SMILES string of the molecule is c1cc(-c2nn[nH]n2)cc(-c2c(-c3ccncc3)[nH]c3ccc4ccccc4c23)c1. The molecule has 0 spiro atoms. The van der Waals surface area contributed by atoms with Crippen LogP contribution in [-0.2, 0) is 0 Å². The normalized spacial score (nSPS) is 11.3. The Morgan fingerprint density at radius 1 is 0.733 bits per heavy atom. The monoisotopic (exact) mass is 388 g/mol. The smallest absolute Gasteiger partial charge is 0.204 e. The first-order chi connectivity index (χ1) is 14.9. The van der Waals surface area contributed by atoms with Gasteiger partial charge in [0.1, 0.15) is 0 Å². The summed E-state index contributed by atoms with van der Waals surface area (Å²) in [6.45, 7) is 0. The number of H-pyrrole nitrogens is 2. The van der Waals surface area contributed by atoms with Crippen molar-refractivity contribution in [2.45, 2.75) is 0 Å². The van der Waals surface area contributed by atoms with E-state index in [0.717, 1.165) is 33.5 Å². The van der Waals surface area contributed by atoms with Crippen LogP contribution in [0.4, 0.5) is 0 Å². The van der Waals surface area contributed by atoms with E-state index in [1.165, 1.54) is 16.2 Å². The van der Waals surface area contributed by atoms with Crippen LogP contribution in [0, 0.1) is 0 Å². The van der Waals surface area contributed by atoms with Crippen molar-refractivity contribution in [1.29, 1.82) is 0 Å². The molecule has 6 aromatic rings. The molecule has 0 aliphatic heterocycles. The number of aromatic nitrogens is 6. The first-order valence-corrected chi connectivity index (χ1v) is 9.66. The summed E-state index contributed by atoms with van der Waals surface area (Å²) in [5.41, 5.74) is 6.40. The molecule has 0 bridgehead atoms. The fourth-order valence-electron chi connectivity index (χ4n) is 4.09. The quantitative estimate of drug-likeness (QED) is 0.435. The average molecular weight is 388 g/mol. The van der Waals surface area contributed by atoms with E-state index in [9.17, 15) is 0 Å². The van der Waals surface area contributed by atoms with E-state index in [0.29, 0.717) is 5.82 Å². The van der Waals surface area contributed by atoms with Crippen molar-refractivity contribution >= 4 is 21.7 Å². The molecule has 0 atom stereocenters. The van der Waals surface area contributed by atoms with Gasteiger partial charge < -0.3 is 4.98 Å². The summed E-state index contributed by atoms with van der Waals surface area (Å²) in [7, 11) is 0. The Hall–Kier alpha value is -4.32. The number of hydrogen-bond acceptors (Lipinski definition) is 4. The van der Waals surface area contributed by atoms with Gasteiger partial charge in [-0.05, 0) is 45.8 Å². The Morgan fingerprint density at radius 2 is 1.60 bits per heavy atom. The highest BCUT2D eigenvalue weighted by atomic mass is 15.5. The Labute approximate surface area is 171 Å². The third-order valence-corrected chi connectivity index (χ3v) is 5.41. The molecule has 2 N–H and O–H groups in total. The molecule has 0 unspecified atom stereocenters. The maximum absolute atomic E-state index is 4.18. The van der Waals surface area contributed by atoms with Crippen molar-refractivity contribution in [3.63, 3.8) is 0 Å². The van der Waals surface area contributed by atoms with Crippen LogP contribution in [0.3, 0.4) is 0 Å². The van der Waals surface area contributed by atoms with E-state index in [1.54, 1.807) is 0 Å². The molecule has 6 nitrogen and oxygen atoms in total. The van der Waals surface area contributed by atoms with Gasteiger partial charge in [0, 0.05) is 40.0 Å². The van der Waals surface area contributed by atoms with E-state index in [2.05, 4.69) is 79.1 Å². The van der Waals surface area contributed by atoms with Crippen LogP contribution >= 0.6 is 0 Å². The summed E-state index contributed by atoms with van der Waals surface area (Å²) in [4.78, 5) is 7.83. The van der Waals surface area contributed by atoms with Crippen LogP contribution in [0.1, 0.15) is 0 Å². The predicted octanol–water partition coefficient (Wildman–Crippen LogP) is 5.23. The first-order valence-electron chi connectivity index (χ1n) is 9.66.